The Bertz CT molecular complexity index is 216. The lowest BCUT2D eigenvalue weighted by Gasteiger charge is -1.95. The molecule has 1 aromatic rings. The van der Waals surface area contributed by atoms with Crippen molar-refractivity contribution in [2.45, 2.75) is 0 Å². The molecule has 0 amide bonds. The normalized spacial score (nSPS) is 9.33. The second-order valence-corrected chi connectivity index (χ2v) is 3.14. The first-order valence-corrected chi connectivity index (χ1v) is 4.02. The van der Waals surface area contributed by atoms with Gasteiger partial charge in [-0.3, -0.25) is 0 Å². The molecule has 1 rings (SSSR count). The molecule has 0 aliphatic heterocycles. The second kappa shape index (κ2) is 2.64. The van der Waals surface area contributed by atoms with Gasteiger partial charge in [-0.05, 0) is 5.56 Å². The third-order valence-corrected chi connectivity index (χ3v) is 2.32. The molecule has 0 saturated carbocycles. The second-order valence-electron chi connectivity index (χ2n) is 2.06. The highest BCUT2D eigenvalue weighted by Gasteiger charge is 1.86. The van der Waals surface area contributed by atoms with Crippen molar-refractivity contribution in [3.05, 3.63) is 36.4 Å². The summed E-state index contributed by atoms with van der Waals surface area (Å²) < 4.78 is 0. The minimum Gasteiger partial charge on any atom is -0.0985 e. The number of rotatable bonds is 1. The molecule has 0 heterocycles. The van der Waals surface area contributed by atoms with Crippen LogP contribution in [0.2, 0.25) is 0 Å². The molecule has 46 valence electrons. The lowest BCUT2D eigenvalue weighted by Crippen LogP contribution is -2.04. The van der Waals surface area contributed by atoms with Gasteiger partial charge in [0, 0.05) is 10.2 Å². The van der Waals surface area contributed by atoms with Crippen LogP contribution in [-0.2, 0) is 0 Å². The minimum absolute atomic E-state index is 1.11. The molecule has 0 aliphatic carbocycles. The highest BCUT2D eigenvalue weighted by molar-refractivity contribution is 6.34. The molecule has 0 aromatic heterocycles. The van der Waals surface area contributed by atoms with Gasteiger partial charge in [0.05, 0.1) is 0 Å². The topological polar surface area (TPSA) is 0 Å². The van der Waals surface area contributed by atoms with Gasteiger partial charge >= 0.3 is 0 Å². The van der Waals surface area contributed by atoms with E-state index in [1.807, 2.05) is 12.1 Å². The zero-order valence-electron chi connectivity index (χ0n) is 5.59. The molecule has 1 heteroatoms. The molecule has 0 bridgehead atoms. The molecule has 0 nitrogen and oxygen atoms in total. The van der Waals surface area contributed by atoms with Gasteiger partial charge in [-0.25, -0.2) is 0 Å². The van der Waals surface area contributed by atoms with Gasteiger partial charge in [0.25, 0.3) is 0 Å². The third-order valence-electron chi connectivity index (χ3n) is 1.41. The van der Waals surface area contributed by atoms with E-state index < -0.39 is 0 Å². The van der Waals surface area contributed by atoms with Crippen molar-refractivity contribution in [3.8, 4) is 0 Å². The van der Waals surface area contributed by atoms with Crippen molar-refractivity contribution in [1.29, 1.82) is 0 Å². The molecule has 0 N–H and O–H groups in total. The molecule has 0 fully saturated rings. The van der Waals surface area contributed by atoms with E-state index in [2.05, 4.69) is 24.8 Å². The van der Waals surface area contributed by atoms with Crippen LogP contribution >= 0.6 is 0 Å². The van der Waals surface area contributed by atoms with E-state index in [0.29, 0.717) is 0 Å². The molecular weight excluding hydrogens is 124 g/mol. The third kappa shape index (κ3) is 1.30. The SMILES string of the molecule is C=Cc1ccccc1[SiH3]. The largest absolute Gasteiger partial charge is 0.0985 e. The number of hydrogen-bond donors (Lipinski definition) is 0. The number of hydrogen-bond acceptors (Lipinski definition) is 0. The van der Waals surface area contributed by atoms with E-state index in [1.54, 1.807) is 0 Å². The van der Waals surface area contributed by atoms with E-state index in [4.69, 9.17) is 0 Å². The van der Waals surface area contributed by atoms with Crippen LogP contribution in [0.3, 0.4) is 0 Å². The van der Waals surface area contributed by atoms with Crippen molar-refractivity contribution < 1.29 is 0 Å². The maximum atomic E-state index is 3.71. The number of benzene rings is 1. The van der Waals surface area contributed by atoms with E-state index >= 15 is 0 Å². The van der Waals surface area contributed by atoms with Gasteiger partial charge in [-0.2, -0.15) is 0 Å². The molecule has 0 aliphatic rings. The van der Waals surface area contributed by atoms with Gasteiger partial charge in [0.2, 0.25) is 0 Å². The lowest BCUT2D eigenvalue weighted by molar-refractivity contribution is 1.72. The molecule has 0 spiro atoms. The minimum atomic E-state index is 1.11. The van der Waals surface area contributed by atoms with Crippen LogP contribution in [0, 0.1) is 0 Å². The maximum absolute atomic E-state index is 3.71. The summed E-state index contributed by atoms with van der Waals surface area (Å²) in [6.07, 6.45) is 1.91. The summed E-state index contributed by atoms with van der Waals surface area (Å²) in [6.45, 7) is 3.71. The van der Waals surface area contributed by atoms with Crippen LogP contribution in [0.25, 0.3) is 6.08 Å². The first kappa shape index (κ1) is 6.30. The molecule has 0 radical (unpaired) electrons. The van der Waals surface area contributed by atoms with Crippen LogP contribution in [0.5, 0.6) is 0 Å². The Morgan fingerprint density at radius 3 is 2.44 bits per heavy atom. The fourth-order valence-electron chi connectivity index (χ4n) is 0.816. The van der Waals surface area contributed by atoms with Crippen molar-refractivity contribution in [3.63, 3.8) is 0 Å². The summed E-state index contributed by atoms with van der Waals surface area (Å²) in [5, 5.41) is 1.42. The van der Waals surface area contributed by atoms with Crippen molar-refractivity contribution in [1.82, 2.24) is 0 Å². The molecule has 0 saturated heterocycles. The van der Waals surface area contributed by atoms with Gasteiger partial charge in [0.15, 0.2) is 0 Å². The van der Waals surface area contributed by atoms with E-state index in [-0.39, 0.29) is 0 Å². The fraction of sp³-hybridized carbons (Fsp3) is 0. The van der Waals surface area contributed by atoms with Crippen molar-refractivity contribution in [2.24, 2.45) is 0 Å². The summed E-state index contributed by atoms with van der Waals surface area (Å²) >= 11 is 0. The monoisotopic (exact) mass is 134 g/mol. The quantitative estimate of drug-likeness (QED) is 0.485. The molecule has 0 unspecified atom stereocenters. The van der Waals surface area contributed by atoms with Crippen LogP contribution in [0.15, 0.2) is 30.8 Å². The van der Waals surface area contributed by atoms with E-state index in [1.165, 1.54) is 10.8 Å². The Hall–Kier alpha value is -0.823. The zero-order valence-corrected chi connectivity index (χ0v) is 7.59. The Morgan fingerprint density at radius 1 is 1.33 bits per heavy atom. The van der Waals surface area contributed by atoms with Crippen LogP contribution in [-0.4, -0.2) is 10.2 Å². The Balaban J connectivity index is 3.15. The van der Waals surface area contributed by atoms with Gasteiger partial charge < -0.3 is 0 Å². The molecular formula is C8H10Si. The molecule has 0 atom stereocenters. The van der Waals surface area contributed by atoms with E-state index in [9.17, 15) is 0 Å². The Kier molecular flexibility index (Phi) is 1.85. The first-order chi connectivity index (χ1) is 4.34. The molecule has 1 aromatic carbocycles. The highest BCUT2D eigenvalue weighted by atomic mass is 28.1. The van der Waals surface area contributed by atoms with Crippen molar-refractivity contribution in [2.75, 3.05) is 0 Å². The van der Waals surface area contributed by atoms with Gasteiger partial charge in [0.1, 0.15) is 0 Å². The highest BCUT2D eigenvalue weighted by Crippen LogP contribution is 1.94. The van der Waals surface area contributed by atoms with Gasteiger partial charge in [-0.1, -0.05) is 42.1 Å². The van der Waals surface area contributed by atoms with Gasteiger partial charge in [-0.15, -0.1) is 0 Å². The van der Waals surface area contributed by atoms with Crippen LogP contribution in [0.4, 0.5) is 0 Å². The predicted octanol–water partition coefficient (Wildman–Crippen LogP) is 0.320. The smallest absolute Gasteiger partial charge is 0.0392 e. The lowest BCUT2D eigenvalue weighted by atomic mass is 10.2. The summed E-state index contributed by atoms with van der Waals surface area (Å²) in [7, 11) is 1.11. The van der Waals surface area contributed by atoms with Crippen molar-refractivity contribution >= 4 is 21.5 Å². The zero-order chi connectivity index (χ0) is 6.69. The standard InChI is InChI=1S/C8H10Si/c1-2-7-5-3-4-6-8(7)9/h2-6H,1H2,9H3. The summed E-state index contributed by atoms with van der Waals surface area (Å²) in [5.41, 5.74) is 1.28. The first-order valence-electron chi connectivity index (χ1n) is 3.02. The van der Waals surface area contributed by atoms with Crippen LogP contribution in [0.1, 0.15) is 5.56 Å². The average molecular weight is 134 g/mol. The van der Waals surface area contributed by atoms with E-state index in [0.717, 1.165) is 10.2 Å². The Labute approximate surface area is 58.6 Å². The Morgan fingerprint density at radius 2 is 2.00 bits per heavy atom. The maximum Gasteiger partial charge on any atom is 0.0392 e. The molecule has 9 heavy (non-hydrogen) atoms. The summed E-state index contributed by atoms with van der Waals surface area (Å²) in [4.78, 5) is 0. The fourth-order valence-corrected chi connectivity index (χ4v) is 1.38. The predicted molar refractivity (Wildman–Crippen MR) is 46.1 cm³/mol. The summed E-state index contributed by atoms with van der Waals surface area (Å²) in [6, 6.07) is 8.34. The van der Waals surface area contributed by atoms with Crippen LogP contribution < -0.4 is 5.19 Å². The average Bonchev–Trinajstić information content (AvgIpc) is 1.89. The summed E-state index contributed by atoms with van der Waals surface area (Å²) in [5.74, 6) is 0.